The monoisotopic (exact) mass is 340 g/mol. The van der Waals surface area contributed by atoms with Crippen molar-refractivity contribution in [2.24, 2.45) is 5.92 Å². The van der Waals surface area contributed by atoms with E-state index in [1.165, 1.54) is 6.07 Å². The van der Waals surface area contributed by atoms with E-state index in [1.54, 1.807) is 12.1 Å². The lowest BCUT2D eigenvalue weighted by atomic mass is 9.94. The zero-order valence-electron chi connectivity index (χ0n) is 11.1. The lowest BCUT2D eigenvalue weighted by Crippen LogP contribution is -2.45. The summed E-state index contributed by atoms with van der Waals surface area (Å²) < 4.78 is 0.493. The van der Waals surface area contributed by atoms with Gasteiger partial charge in [0.05, 0.1) is 11.6 Å². The second kappa shape index (κ2) is 6.37. The highest BCUT2D eigenvalue weighted by Crippen LogP contribution is 2.22. The van der Waals surface area contributed by atoms with Crippen molar-refractivity contribution in [1.29, 1.82) is 0 Å². The number of carbonyl (C=O) groups excluding carboxylic acids is 1. The molecular weight excluding hydrogens is 324 g/mol. The number of benzene rings is 1. The van der Waals surface area contributed by atoms with E-state index in [-0.39, 0.29) is 17.5 Å². The Bertz CT molecular complexity index is 533. The van der Waals surface area contributed by atoms with Crippen LogP contribution in [-0.2, 0) is 4.79 Å². The number of hydrogen-bond acceptors (Lipinski definition) is 3. The number of rotatable bonds is 3. The molecule has 108 valence electrons. The molecule has 1 aromatic rings. The van der Waals surface area contributed by atoms with Crippen molar-refractivity contribution in [2.75, 3.05) is 11.9 Å². The van der Waals surface area contributed by atoms with Gasteiger partial charge in [-0.2, -0.15) is 0 Å². The van der Waals surface area contributed by atoms with Gasteiger partial charge in [0.25, 0.3) is 0 Å². The molecule has 1 saturated heterocycles. The van der Waals surface area contributed by atoms with Gasteiger partial charge < -0.3 is 15.7 Å². The van der Waals surface area contributed by atoms with E-state index in [0.717, 1.165) is 19.4 Å². The topological polar surface area (TPSA) is 78.4 Å². The summed E-state index contributed by atoms with van der Waals surface area (Å²) in [5, 5.41) is 15.0. The number of carboxylic acids is 1. The van der Waals surface area contributed by atoms with E-state index >= 15 is 0 Å². The van der Waals surface area contributed by atoms with Gasteiger partial charge in [-0.1, -0.05) is 6.92 Å². The smallest absolute Gasteiger partial charge is 0.336 e. The van der Waals surface area contributed by atoms with Crippen LogP contribution in [0.15, 0.2) is 22.7 Å². The third-order valence-electron chi connectivity index (χ3n) is 3.45. The van der Waals surface area contributed by atoms with Crippen molar-refractivity contribution in [1.82, 2.24) is 5.32 Å². The molecule has 1 aromatic carbocycles. The second-order valence-corrected chi connectivity index (χ2v) is 5.98. The summed E-state index contributed by atoms with van der Waals surface area (Å²) in [6.07, 6.45) is 1.87. The summed E-state index contributed by atoms with van der Waals surface area (Å²) in [6, 6.07) is 4.54. The summed E-state index contributed by atoms with van der Waals surface area (Å²) in [5.41, 5.74) is 0.628. The second-order valence-electron chi connectivity index (χ2n) is 5.13. The van der Waals surface area contributed by atoms with Gasteiger partial charge in [0.15, 0.2) is 0 Å². The maximum atomic E-state index is 12.1. The normalized spacial score (nSPS) is 22.3. The first-order valence-electron chi connectivity index (χ1n) is 6.54. The van der Waals surface area contributed by atoms with Gasteiger partial charge in [0.1, 0.15) is 0 Å². The fraction of sp³-hybridized carbons (Fsp3) is 0.429. The quantitative estimate of drug-likeness (QED) is 0.789. The van der Waals surface area contributed by atoms with Crippen LogP contribution in [0.5, 0.6) is 0 Å². The van der Waals surface area contributed by atoms with Gasteiger partial charge in [-0.05, 0) is 59.4 Å². The van der Waals surface area contributed by atoms with Crippen molar-refractivity contribution < 1.29 is 14.7 Å². The SMILES string of the molecule is CC1CCNC(C(=O)Nc2ccc(Br)c(C(=O)O)c2)C1. The first-order chi connectivity index (χ1) is 9.47. The molecule has 2 atom stereocenters. The molecule has 2 unspecified atom stereocenters. The van der Waals surface area contributed by atoms with Crippen LogP contribution in [0.1, 0.15) is 30.1 Å². The van der Waals surface area contributed by atoms with Crippen molar-refractivity contribution >= 4 is 33.5 Å². The van der Waals surface area contributed by atoms with Gasteiger partial charge >= 0.3 is 5.97 Å². The largest absolute Gasteiger partial charge is 0.478 e. The third-order valence-corrected chi connectivity index (χ3v) is 4.14. The Balaban J connectivity index is 2.07. The molecular formula is C14H17BrN2O3. The van der Waals surface area contributed by atoms with Gasteiger partial charge in [0.2, 0.25) is 5.91 Å². The lowest BCUT2D eigenvalue weighted by Gasteiger charge is -2.27. The van der Waals surface area contributed by atoms with Crippen LogP contribution in [0.3, 0.4) is 0 Å². The number of hydrogen-bond donors (Lipinski definition) is 3. The maximum absolute atomic E-state index is 12.1. The van der Waals surface area contributed by atoms with Crippen LogP contribution < -0.4 is 10.6 Å². The average Bonchev–Trinajstić information content (AvgIpc) is 2.40. The van der Waals surface area contributed by atoms with E-state index < -0.39 is 5.97 Å². The van der Waals surface area contributed by atoms with Crippen LogP contribution in [0, 0.1) is 5.92 Å². The zero-order valence-corrected chi connectivity index (χ0v) is 12.7. The summed E-state index contributed by atoms with van der Waals surface area (Å²) in [7, 11) is 0. The Kier molecular flexibility index (Phi) is 4.77. The molecule has 3 N–H and O–H groups in total. The van der Waals surface area contributed by atoms with Crippen LogP contribution in [0.2, 0.25) is 0 Å². The minimum atomic E-state index is -1.03. The Hall–Kier alpha value is -1.40. The fourth-order valence-electron chi connectivity index (χ4n) is 2.30. The molecule has 0 aliphatic carbocycles. The molecule has 1 heterocycles. The molecule has 1 aliphatic heterocycles. The van der Waals surface area contributed by atoms with E-state index in [0.29, 0.717) is 16.1 Å². The lowest BCUT2D eigenvalue weighted by molar-refractivity contribution is -0.119. The summed E-state index contributed by atoms with van der Waals surface area (Å²) in [5.74, 6) is -0.626. The van der Waals surface area contributed by atoms with Crippen molar-refractivity contribution in [3.63, 3.8) is 0 Å². The first kappa shape index (κ1) is 15.0. The summed E-state index contributed by atoms with van der Waals surface area (Å²) in [6.45, 7) is 2.96. The number of anilines is 1. The highest BCUT2D eigenvalue weighted by molar-refractivity contribution is 9.10. The number of carbonyl (C=O) groups is 2. The number of aromatic carboxylic acids is 1. The molecule has 0 saturated carbocycles. The number of carboxylic acid groups (broad SMARTS) is 1. The van der Waals surface area contributed by atoms with Gasteiger partial charge in [-0.3, -0.25) is 4.79 Å². The average molecular weight is 341 g/mol. The van der Waals surface area contributed by atoms with Crippen LogP contribution >= 0.6 is 15.9 Å². The van der Waals surface area contributed by atoms with Gasteiger partial charge in [-0.15, -0.1) is 0 Å². The third kappa shape index (κ3) is 3.58. The molecule has 5 nitrogen and oxygen atoms in total. The Morgan fingerprint density at radius 2 is 2.20 bits per heavy atom. The molecule has 0 aromatic heterocycles. The maximum Gasteiger partial charge on any atom is 0.336 e. The van der Waals surface area contributed by atoms with Crippen LogP contribution in [0.25, 0.3) is 0 Å². The molecule has 1 amide bonds. The van der Waals surface area contributed by atoms with E-state index in [2.05, 4.69) is 33.5 Å². The Labute approximate surface area is 125 Å². The number of nitrogens with one attached hydrogen (secondary N) is 2. The molecule has 0 bridgehead atoms. The minimum absolute atomic E-state index is 0.116. The molecule has 1 aliphatic rings. The molecule has 0 spiro atoms. The van der Waals surface area contributed by atoms with E-state index in [9.17, 15) is 9.59 Å². The van der Waals surface area contributed by atoms with Crippen molar-refractivity contribution in [3.05, 3.63) is 28.2 Å². The Morgan fingerprint density at radius 3 is 2.85 bits per heavy atom. The Morgan fingerprint density at radius 1 is 1.45 bits per heavy atom. The molecule has 20 heavy (non-hydrogen) atoms. The van der Waals surface area contributed by atoms with Crippen molar-refractivity contribution in [2.45, 2.75) is 25.8 Å². The highest BCUT2D eigenvalue weighted by Gasteiger charge is 2.24. The van der Waals surface area contributed by atoms with E-state index in [1.807, 2.05) is 0 Å². The minimum Gasteiger partial charge on any atom is -0.478 e. The fourth-order valence-corrected chi connectivity index (χ4v) is 2.72. The predicted molar refractivity (Wildman–Crippen MR) is 79.9 cm³/mol. The standard InChI is InChI=1S/C14H17BrN2O3/c1-8-4-5-16-12(6-8)13(18)17-9-2-3-11(15)10(7-9)14(19)20/h2-3,7-8,12,16H,4-6H2,1H3,(H,17,18)(H,19,20). The first-order valence-corrected chi connectivity index (χ1v) is 7.33. The number of halogens is 1. The number of amides is 1. The predicted octanol–water partition coefficient (Wildman–Crippen LogP) is 2.47. The van der Waals surface area contributed by atoms with Crippen molar-refractivity contribution in [3.8, 4) is 0 Å². The van der Waals surface area contributed by atoms with Crippen LogP contribution in [0.4, 0.5) is 5.69 Å². The molecule has 2 rings (SSSR count). The molecule has 0 radical (unpaired) electrons. The summed E-state index contributed by atoms with van der Waals surface area (Å²) >= 11 is 3.18. The number of piperidine rings is 1. The molecule has 6 heteroatoms. The zero-order chi connectivity index (χ0) is 14.7. The molecule has 1 fully saturated rings. The highest BCUT2D eigenvalue weighted by atomic mass is 79.9. The van der Waals surface area contributed by atoms with Crippen LogP contribution in [-0.4, -0.2) is 29.6 Å². The summed E-state index contributed by atoms with van der Waals surface area (Å²) in [4.78, 5) is 23.2. The van der Waals surface area contributed by atoms with Gasteiger partial charge in [0, 0.05) is 10.2 Å². The van der Waals surface area contributed by atoms with Gasteiger partial charge in [-0.25, -0.2) is 4.79 Å². The van der Waals surface area contributed by atoms with E-state index in [4.69, 9.17) is 5.11 Å².